The van der Waals surface area contributed by atoms with Crippen LogP contribution in [0, 0.1) is 0 Å². The van der Waals surface area contributed by atoms with Crippen molar-refractivity contribution < 1.29 is 0 Å². The maximum atomic E-state index is 5.24. The van der Waals surface area contributed by atoms with E-state index in [4.69, 9.17) is 9.97 Å². The van der Waals surface area contributed by atoms with Crippen molar-refractivity contribution in [3.63, 3.8) is 0 Å². The minimum absolute atomic E-state index is 0.908. The Bertz CT molecular complexity index is 2440. The van der Waals surface area contributed by atoms with Crippen LogP contribution in [0.3, 0.4) is 0 Å². The van der Waals surface area contributed by atoms with Crippen LogP contribution in [-0.2, 0) is 0 Å². The Morgan fingerprint density at radius 2 is 1.14 bits per heavy atom. The molecule has 0 atom stereocenters. The van der Waals surface area contributed by atoms with E-state index in [1.54, 1.807) is 0 Å². The SMILES string of the molecule is c1ccc(-c2nc3ccc(-c4c5ccccc5c(-c5cccnc5)c5ccccc45)cc3c3nc4ccccn4c23)cc1. The molecule has 0 saturated carbocycles. The van der Waals surface area contributed by atoms with Crippen LogP contribution in [0.2, 0.25) is 0 Å². The highest BCUT2D eigenvalue weighted by molar-refractivity contribution is 6.22. The third-order valence-electron chi connectivity index (χ3n) is 8.46. The molecule has 0 spiro atoms. The van der Waals surface area contributed by atoms with Gasteiger partial charge >= 0.3 is 0 Å². The van der Waals surface area contributed by atoms with E-state index in [-0.39, 0.29) is 0 Å². The molecule has 0 fully saturated rings. The van der Waals surface area contributed by atoms with E-state index in [0.29, 0.717) is 0 Å². The number of nitrogens with zero attached hydrogens (tertiary/aromatic N) is 4. The number of aromatic nitrogens is 4. The van der Waals surface area contributed by atoms with E-state index >= 15 is 0 Å². The number of pyridine rings is 3. The molecule has 0 aliphatic rings. The largest absolute Gasteiger partial charge is 0.298 e. The molecule has 4 heterocycles. The second-order valence-corrected chi connectivity index (χ2v) is 10.9. The van der Waals surface area contributed by atoms with Gasteiger partial charge in [0.15, 0.2) is 0 Å². The van der Waals surface area contributed by atoms with Gasteiger partial charge in [-0.2, -0.15) is 0 Å². The molecule has 0 aliphatic carbocycles. The number of rotatable bonds is 3. The third kappa shape index (κ3) is 3.60. The number of imidazole rings is 1. The Morgan fingerprint density at radius 1 is 0.488 bits per heavy atom. The van der Waals surface area contributed by atoms with Crippen LogP contribution in [-0.4, -0.2) is 19.4 Å². The molecule has 5 aromatic carbocycles. The monoisotopic (exact) mass is 548 g/mol. The molecule has 9 rings (SSSR count). The Balaban J connectivity index is 1.40. The van der Waals surface area contributed by atoms with Crippen molar-refractivity contribution in [1.82, 2.24) is 19.4 Å². The normalized spacial score (nSPS) is 11.7. The molecule has 43 heavy (non-hydrogen) atoms. The van der Waals surface area contributed by atoms with Crippen LogP contribution in [0.5, 0.6) is 0 Å². The summed E-state index contributed by atoms with van der Waals surface area (Å²) >= 11 is 0. The smallest absolute Gasteiger partial charge is 0.137 e. The molecular formula is C39H24N4. The topological polar surface area (TPSA) is 43.1 Å². The minimum atomic E-state index is 0.908. The van der Waals surface area contributed by atoms with E-state index in [1.807, 2.05) is 36.7 Å². The maximum absolute atomic E-state index is 5.24. The van der Waals surface area contributed by atoms with Crippen LogP contribution in [0.4, 0.5) is 0 Å². The molecule has 4 heteroatoms. The molecule has 0 amide bonds. The Labute approximate surface area is 247 Å². The first-order valence-electron chi connectivity index (χ1n) is 14.5. The van der Waals surface area contributed by atoms with Gasteiger partial charge in [0.25, 0.3) is 0 Å². The fraction of sp³-hybridized carbons (Fsp3) is 0. The molecule has 0 bridgehead atoms. The summed E-state index contributed by atoms with van der Waals surface area (Å²) in [4.78, 5) is 14.8. The lowest BCUT2D eigenvalue weighted by Gasteiger charge is -2.18. The van der Waals surface area contributed by atoms with Crippen molar-refractivity contribution >= 4 is 49.1 Å². The Kier molecular flexibility index (Phi) is 5.16. The summed E-state index contributed by atoms with van der Waals surface area (Å²) in [7, 11) is 0. The maximum Gasteiger partial charge on any atom is 0.137 e. The molecule has 0 unspecified atom stereocenters. The lowest BCUT2D eigenvalue weighted by Crippen LogP contribution is -1.93. The summed E-state index contributed by atoms with van der Waals surface area (Å²) in [5.41, 5.74) is 10.5. The minimum Gasteiger partial charge on any atom is -0.298 e. The van der Waals surface area contributed by atoms with Gasteiger partial charge in [-0.25, -0.2) is 9.97 Å². The van der Waals surface area contributed by atoms with E-state index in [1.165, 1.54) is 32.7 Å². The first-order valence-corrected chi connectivity index (χ1v) is 14.5. The van der Waals surface area contributed by atoms with E-state index < -0.39 is 0 Å². The molecule has 0 N–H and O–H groups in total. The van der Waals surface area contributed by atoms with Crippen LogP contribution >= 0.6 is 0 Å². The van der Waals surface area contributed by atoms with Gasteiger partial charge in [-0.3, -0.25) is 9.38 Å². The van der Waals surface area contributed by atoms with E-state index in [9.17, 15) is 0 Å². The average molecular weight is 549 g/mol. The van der Waals surface area contributed by atoms with Crippen molar-refractivity contribution in [1.29, 1.82) is 0 Å². The first kappa shape index (κ1) is 23.8. The molecule has 200 valence electrons. The highest BCUT2D eigenvalue weighted by Gasteiger charge is 2.20. The summed E-state index contributed by atoms with van der Waals surface area (Å²) in [5, 5.41) is 5.87. The number of hydrogen-bond acceptors (Lipinski definition) is 3. The van der Waals surface area contributed by atoms with Crippen LogP contribution in [0.15, 0.2) is 146 Å². The summed E-state index contributed by atoms with van der Waals surface area (Å²) in [6.07, 6.45) is 5.86. The van der Waals surface area contributed by atoms with E-state index in [0.717, 1.165) is 50.0 Å². The van der Waals surface area contributed by atoms with Gasteiger partial charge in [-0.15, -0.1) is 0 Å². The van der Waals surface area contributed by atoms with E-state index in [2.05, 4.69) is 119 Å². The molecule has 4 aromatic heterocycles. The second-order valence-electron chi connectivity index (χ2n) is 10.9. The van der Waals surface area contributed by atoms with Crippen molar-refractivity contribution in [2.45, 2.75) is 0 Å². The van der Waals surface area contributed by atoms with Gasteiger partial charge in [0.05, 0.1) is 16.7 Å². The van der Waals surface area contributed by atoms with Gasteiger partial charge in [0.2, 0.25) is 0 Å². The number of fused-ring (bicyclic) bond motifs is 7. The lowest BCUT2D eigenvalue weighted by atomic mass is 9.86. The predicted molar refractivity (Wildman–Crippen MR) is 177 cm³/mol. The quantitative estimate of drug-likeness (QED) is 0.206. The predicted octanol–water partition coefficient (Wildman–Crippen LogP) is 9.74. The average Bonchev–Trinajstić information content (AvgIpc) is 3.47. The molecule has 4 nitrogen and oxygen atoms in total. The molecular weight excluding hydrogens is 524 g/mol. The Morgan fingerprint density at radius 3 is 1.84 bits per heavy atom. The first-order chi connectivity index (χ1) is 21.3. The fourth-order valence-corrected chi connectivity index (χ4v) is 6.62. The number of hydrogen-bond donors (Lipinski definition) is 0. The van der Waals surface area contributed by atoms with Gasteiger partial charge in [0, 0.05) is 35.1 Å². The summed E-state index contributed by atoms with van der Waals surface area (Å²) in [5.74, 6) is 0. The zero-order chi connectivity index (χ0) is 28.3. The molecule has 0 aliphatic heterocycles. The summed E-state index contributed by atoms with van der Waals surface area (Å²) in [6.45, 7) is 0. The zero-order valence-corrected chi connectivity index (χ0v) is 23.1. The van der Waals surface area contributed by atoms with Crippen molar-refractivity contribution in [2.24, 2.45) is 0 Å². The highest BCUT2D eigenvalue weighted by atomic mass is 15.0. The van der Waals surface area contributed by atoms with Gasteiger partial charge in [-0.05, 0) is 68.6 Å². The molecule has 0 saturated heterocycles. The Hall–Kier alpha value is -5.87. The van der Waals surface area contributed by atoms with Gasteiger partial charge in [0.1, 0.15) is 11.2 Å². The summed E-state index contributed by atoms with van der Waals surface area (Å²) in [6, 6.07) is 44.7. The van der Waals surface area contributed by atoms with Crippen LogP contribution in [0.1, 0.15) is 0 Å². The lowest BCUT2D eigenvalue weighted by molar-refractivity contribution is 1.22. The number of benzene rings is 5. The fourth-order valence-electron chi connectivity index (χ4n) is 6.62. The van der Waals surface area contributed by atoms with Gasteiger partial charge < -0.3 is 0 Å². The summed E-state index contributed by atoms with van der Waals surface area (Å²) < 4.78 is 2.16. The van der Waals surface area contributed by atoms with Crippen molar-refractivity contribution in [2.75, 3.05) is 0 Å². The van der Waals surface area contributed by atoms with Gasteiger partial charge in [-0.1, -0.05) is 97.1 Å². The van der Waals surface area contributed by atoms with Crippen molar-refractivity contribution in [3.05, 3.63) is 146 Å². The van der Waals surface area contributed by atoms with Crippen molar-refractivity contribution in [3.8, 4) is 33.5 Å². The zero-order valence-electron chi connectivity index (χ0n) is 23.1. The second kappa shape index (κ2) is 9.33. The van der Waals surface area contributed by atoms with Crippen LogP contribution < -0.4 is 0 Å². The van der Waals surface area contributed by atoms with Crippen LogP contribution in [0.25, 0.3) is 82.6 Å². The highest BCUT2D eigenvalue weighted by Crippen LogP contribution is 2.44. The molecule has 0 radical (unpaired) electrons. The third-order valence-corrected chi connectivity index (χ3v) is 8.46. The standard InChI is InChI=1S/C39H24N4/c1-2-11-25(12-3-1)37-39-38(42-34-18-8-9-22-43(34)39)32-23-26(19-20-33(32)41-37)35-28-14-4-6-16-30(28)36(27-13-10-21-40-24-27)31-17-7-5-15-29(31)35/h1-24H. The molecule has 9 aromatic rings.